The molecule has 0 spiro atoms. The van der Waals surface area contributed by atoms with Crippen LogP contribution < -0.4 is 6.15 Å². The van der Waals surface area contributed by atoms with Gasteiger partial charge in [-0.3, -0.25) is 9.35 Å². The van der Waals surface area contributed by atoms with Crippen molar-refractivity contribution in [2.75, 3.05) is 0 Å². The average molecular weight is 241 g/mol. The summed E-state index contributed by atoms with van der Waals surface area (Å²) in [7, 11) is -4.62. The highest BCUT2D eigenvalue weighted by Gasteiger charge is 2.11. The van der Waals surface area contributed by atoms with Crippen molar-refractivity contribution in [3.63, 3.8) is 0 Å². The highest BCUT2D eigenvalue weighted by Crippen LogP contribution is 2.06. The highest BCUT2D eigenvalue weighted by atomic mass is 32.3. The molecule has 0 heterocycles. The molecule has 0 aromatic rings. The summed E-state index contributed by atoms with van der Waals surface area (Å²) >= 11 is 0. The van der Waals surface area contributed by atoms with Crippen molar-refractivity contribution >= 4 is 16.4 Å². The van der Waals surface area contributed by atoms with E-state index in [1.807, 2.05) is 0 Å². The lowest BCUT2D eigenvalue weighted by Gasteiger charge is -2.00. The van der Waals surface area contributed by atoms with Crippen LogP contribution in [0.4, 0.5) is 0 Å². The molecule has 0 radical (unpaired) electrons. The van der Waals surface area contributed by atoms with E-state index in [-0.39, 0.29) is 12.6 Å². The van der Waals surface area contributed by atoms with Gasteiger partial charge in [0.25, 0.3) is 0 Å². The van der Waals surface area contributed by atoms with Gasteiger partial charge in [-0.25, -0.2) is 0 Å². The van der Waals surface area contributed by atoms with Crippen molar-refractivity contribution in [2.24, 2.45) is 0 Å². The lowest BCUT2D eigenvalue weighted by atomic mass is 10.1. The number of hydrogen-bond donors (Lipinski definition) is 2. The van der Waals surface area contributed by atoms with Crippen LogP contribution in [0.5, 0.6) is 0 Å². The largest absolute Gasteiger partial charge is 0.448 e. The first kappa shape index (κ1) is 16.8. The second kappa shape index (κ2) is 8.63. The van der Waals surface area contributed by atoms with E-state index in [0.717, 1.165) is 25.7 Å². The third-order valence-electron chi connectivity index (χ3n) is 1.68. The highest BCUT2D eigenvalue weighted by molar-refractivity contribution is 7.81. The summed E-state index contributed by atoms with van der Waals surface area (Å²) in [6.07, 6.45) is 4.73. The topological polar surface area (TPSA) is 116 Å². The molecule has 0 aliphatic heterocycles. The van der Waals surface area contributed by atoms with Crippen LogP contribution in [0, 0.1) is 0 Å². The standard InChI is InChI=1S/C8H16O5S.H3N/c1-2-3-4-5-6-7-8(9)13-14(10,11)12;/h2-7H2,1H3,(H,10,11,12);1H3. The third kappa shape index (κ3) is 13.3. The Bertz CT molecular complexity index is 262. The normalized spacial score (nSPS) is 10.5. The quantitative estimate of drug-likeness (QED) is 0.519. The minimum atomic E-state index is -4.62. The molecule has 6 nitrogen and oxygen atoms in total. The molecule has 0 saturated heterocycles. The summed E-state index contributed by atoms with van der Waals surface area (Å²) in [5.74, 6) is -0.899. The van der Waals surface area contributed by atoms with E-state index in [0.29, 0.717) is 6.42 Å². The van der Waals surface area contributed by atoms with Crippen molar-refractivity contribution < 1.29 is 21.9 Å². The van der Waals surface area contributed by atoms with Gasteiger partial charge in [-0.1, -0.05) is 32.6 Å². The molecule has 0 unspecified atom stereocenters. The Hall–Kier alpha value is -0.660. The monoisotopic (exact) mass is 241 g/mol. The van der Waals surface area contributed by atoms with E-state index in [1.54, 1.807) is 0 Å². The van der Waals surface area contributed by atoms with Gasteiger partial charge in [-0.05, 0) is 6.42 Å². The van der Waals surface area contributed by atoms with Crippen molar-refractivity contribution in [3.8, 4) is 0 Å². The van der Waals surface area contributed by atoms with Gasteiger partial charge >= 0.3 is 16.4 Å². The Morgan fingerprint density at radius 1 is 1.20 bits per heavy atom. The van der Waals surface area contributed by atoms with Crippen molar-refractivity contribution in [2.45, 2.75) is 45.4 Å². The fourth-order valence-electron chi connectivity index (χ4n) is 1.03. The van der Waals surface area contributed by atoms with E-state index in [2.05, 4.69) is 11.1 Å². The molecule has 0 aliphatic carbocycles. The molecule has 0 bridgehead atoms. The first-order chi connectivity index (χ1) is 6.45. The van der Waals surface area contributed by atoms with Gasteiger partial charge in [0.05, 0.1) is 0 Å². The van der Waals surface area contributed by atoms with Crippen LogP contribution >= 0.6 is 0 Å². The van der Waals surface area contributed by atoms with Crippen molar-refractivity contribution in [1.29, 1.82) is 0 Å². The Labute approximate surface area is 90.5 Å². The molecule has 0 aromatic carbocycles. The first-order valence-corrected chi connectivity index (χ1v) is 6.02. The minimum absolute atomic E-state index is 0. The summed E-state index contributed by atoms with van der Waals surface area (Å²) in [4.78, 5) is 10.7. The Balaban J connectivity index is 0. The minimum Gasteiger partial charge on any atom is -0.344 e. The predicted molar refractivity (Wildman–Crippen MR) is 56.0 cm³/mol. The predicted octanol–water partition coefficient (Wildman–Crippen LogP) is 1.85. The Kier molecular flexibility index (Phi) is 9.64. The summed E-state index contributed by atoms with van der Waals surface area (Å²) in [5, 5.41) is 0. The molecular weight excluding hydrogens is 222 g/mol. The van der Waals surface area contributed by atoms with E-state index >= 15 is 0 Å². The molecule has 0 atom stereocenters. The Morgan fingerprint density at radius 3 is 2.20 bits per heavy atom. The fourth-order valence-corrected chi connectivity index (χ4v) is 1.35. The van der Waals surface area contributed by atoms with E-state index in [1.165, 1.54) is 0 Å². The van der Waals surface area contributed by atoms with Crippen molar-refractivity contribution in [1.82, 2.24) is 6.15 Å². The van der Waals surface area contributed by atoms with Crippen LogP contribution in [0.3, 0.4) is 0 Å². The number of unbranched alkanes of at least 4 members (excludes halogenated alkanes) is 4. The third-order valence-corrected chi connectivity index (χ3v) is 2.08. The molecule has 0 saturated carbocycles. The zero-order chi connectivity index (χ0) is 11.0. The lowest BCUT2D eigenvalue weighted by molar-refractivity contribution is -0.134. The van der Waals surface area contributed by atoms with E-state index in [4.69, 9.17) is 4.55 Å². The smallest absolute Gasteiger partial charge is 0.344 e. The van der Waals surface area contributed by atoms with Gasteiger partial charge in [-0.2, -0.15) is 8.42 Å². The summed E-state index contributed by atoms with van der Waals surface area (Å²) in [6.45, 7) is 2.08. The number of carbonyl (C=O) groups excluding carboxylic acids is 1. The first-order valence-electron chi connectivity index (χ1n) is 4.65. The molecule has 4 N–H and O–H groups in total. The van der Waals surface area contributed by atoms with Crippen LogP contribution in [0.25, 0.3) is 0 Å². The molecular formula is C8H19NO5S. The number of hydrogen-bond acceptors (Lipinski definition) is 5. The summed E-state index contributed by atoms with van der Waals surface area (Å²) in [5.41, 5.74) is 0. The molecule has 15 heavy (non-hydrogen) atoms. The van der Waals surface area contributed by atoms with Gasteiger partial charge in [0, 0.05) is 6.42 Å². The number of carbonyl (C=O) groups is 1. The molecule has 0 fully saturated rings. The van der Waals surface area contributed by atoms with Crippen molar-refractivity contribution in [3.05, 3.63) is 0 Å². The van der Waals surface area contributed by atoms with Crippen LogP contribution in [0.1, 0.15) is 45.4 Å². The zero-order valence-electron chi connectivity index (χ0n) is 8.94. The molecule has 0 rings (SSSR count). The Morgan fingerprint density at radius 2 is 1.73 bits per heavy atom. The van der Waals surface area contributed by atoms with Crippen LogP contribution in [-0.4, -0.2) is 18.9 Å². The van der Waals surface area contributed by atoms with Gasteiger partial charge < -0.3 is 10.3 Å². The second-order valence-electron chi connectivity index (χ2n) is 3.05. The SMILES string of the molecule is CCCCCCCC(=O)OS(=O)(=O)O.N. The van der Waals surface area contributed by atoms with Crippen LogP contribution in [0.2, 0.25) is 0 Å². The molecule has 7 heteroatoms. The number of rotatable bonds is 7. The molecule has 92 valence electrons. The van der Waals surface area contributed by atoms with Crippen LogP contribution in [-0.2, 0) is 19.4 Å². The van der Waals surface area contributed by atoms with Gasteiger partial charge in [-0.15, -0.1) is 0 Å². The zero-order valence-corrected chi connectivity index (χ0v) is 9.75. The van der Waals surface area contributed by atoms with E-state index in [9.17, 15) is 13.2 Å². The molecule has 0 aromatic heterocycles. The molecule has 0 aliphatic rings. The van der Waals surface area contributed by atoms with Gasteiger partial charge in [0.2, 0.25) is 0 Å². The average Bonchev–Trinajstić information content (AvgIpc) is 2.00. The summed E-state index contributed by atoms with van der Waals surface area (Å²) < 4.78 is 32.1. The van der Waals surface area contributed by atoms with E-state index < -0.39 is 16.4 Å². The molecule has 0 amide bonds. The van der Waals surface area contributed by atoms with Crippen LogP contribution in [0.15, 0.2) is 0 Å². The fraction of sp³-hybridized carbons (Fsp3) is 0.875. The van der Waals surface area contributed by atoms with Gasteiger partial charge in [0.1, 0.15) is 0 Å². The maximum Gasteiger partial charge on any atom is 0.448 e. The maximum absolute atomic E-state index is 10.7. The summed E-state index contributed by atoms with van der Waals surface area (Å²) in [6, 6.07) is 0. The second-order valence-corrected chi connectivity index (χ2v) is 4.07. The maximum atomic E-state index is 10.7. The lowest BCUT2D eigenvalue weighted by Crippen LogP contribution is -2.11. The van der Waals surface area contributed by atoms with Gasteiger partial charge in [0.15, 0.2) is 0 Å².